The molecule has 0 N–H and O–H groups in total. The van der Waals surface area contributed by atoms with E-state index < -0.39 is 16.8 Å². The second-order valence-electron chi connectivity index (χ2n) is 8.99. The Balaban J connectivity index is 1.81. The summed E-state index contributed by atoms with van der Waals surface area (Å²) in [7, 11) is 2.79. The molecule has 2 atom stereocenters. The van der Waals surface area contributed by atoms with Crippen LogP contribution >= 0.6 is 55.8 Å². The van der Waals surface area contributed by atoms with Crippen LogP contribution in [0.15, 0.2) is 71.8 Å². The number of imidazole rings is 1. The average Bonchev–Trinajstić information content (AvgIpc) is 3.28. The SMILES string of the molecule is CC(C)(c1ccc(Cl)c(Cl)c1)c1cnc(SCc2ccc(F)c(Cl)c2)n1C1(CP)C=CC(F)=CC1. The molecular weight excluding hydrogens is 548 g/mol. The molecule has 35 heavy (non-hydrogen) atoms. The van der Waals surface area contributed by atoms with E-state index in [1.807, 2.05) is 24.4 Å². The highest BCUT2D eigenvalue weighted by molar-refractivity contribution is 7.98. The maximum Gasteiger partial charge on any atom is 0.169 e. The number of thioether (sulfide) groups is 1. The van der Waals surface area contributed by atoms with Gasteiger partial charge in [-0.25, -0.2) is 13.8 Å². The third-order valence-corrected chi connectivity index (χ3v) is 9.12. The maximum absolute atomic E-state index is 14.0. The van der Waals surface area contributed by atoms with Crippen LogP contribution < -0.4 is 0 Å². The van der Waals surface area contributed by atoms with Crippen molar-refractivity contribution in [3.05, 3.63) is 104 Å². The second kappa shape index (κ2) is 10.6. The predicted molar refractivity (Wildman–Crippen MR) is 147 cm³/mol. The lowest BCUT2D eigenvalue weighted by Gasteiger charge is -2.38. The van der Waals surface area contributed by atoms with Gasteiger partial charge in [0.15, 0.2) is 5.16 Å². The summed E-state index contributed by atoms with van der Waals surface area (Å²) < 4.78 is 29.8. The number of allylic oxidation sites excluding steroid dienone is 4. The zero-order valence-corrected chi connectivity index (χ0v) is 23.4. The fraction of sp³-hybridized carbons (Fsp3) is 0.269. The van der Waals surface area contributed by atoms with Gasteiger partial charge in [0.25, 0.3) is 0 Å². The minimum Gasteiger partial charge on any atom is -0.312 e. The number of benzene rings is 2. The Kier molecular flexibility index (Phi) is 8.05. The van der Waals surface area contributed by atoms with E-state index in [4.69, 9.17) is 39.8 Å². The third kappa shape index (κ3) is 5.36. The first-order valence-electron chi connectivity index (χ1n) is 10.9. The van der Waals surface area contributed by atoms with E-state index in [9.17, 15) is 8.78 Å². The standard InChI is InChI=1S/C26H24Cl3F2N2PS/c1-25(2,17-4-5-19(27)20(28)12-17)23-13-32-24(35-14-16-3-6-22(31)21(29)11-16)33(23)26(15-34)9-7-18(30)8-10-26/h3-9,11-13H,10,14-15,34H2,1-2H3. The summed E-state index contributed by atoms with van der Waals surface area (Å²) >= 11 is 20.0. The predicted octanol–water partition coefficient (Wildman–Crippen LogP) is 8.98. The first-order chi connectivity index (χ1) is 16.6. The molecule has 0 bridgehead atoms. The first kappa shape index (κ1) is 26.7. The fourth-order valence-corrected chi connectivity index (χ4v) is 6.17. The molecule has 0 spiro atoms. The molecule has 0 radical (unpaired) electrons. The average molecular weight is 572 g/mol. The van der Waals surface area contributed by atoms with Gasteiger partial charge < -0.3 is 4.57 Å². The number of hydrogen-bond acceptors (Lipinski definition) is 2. The monoisotopic (exact) mass is 570 g/mol. The molecule has 0 fully saturated rings. The second-order valence-corrected chi connectivity index (χ2v) is 11.6. The molecule has 0 aliphatic heterocycles. The molecule has 0 amide bonds. The molecule has 2 unspecified atom stereocenters. The van der Waals surface area contributed by atoms with E-state index in [0.717, 1.165) is 22.0 Å². The summed E-state index contributed by atoms with van der Waals surface area (Å²) in [5.74, 6) is -0.153. The molecule has 1 heterocycles. The van der Waals surface area contributed by atoms with Crippen LogP contribution in [0.25, 0.3) is 0 Å². The first-order valence-corrected chi connectivity index (χ1v) is 13.9. The highest BCUT2D eigenvalue weighted by Crippen LogP contribution is 2.43. The van der Waals surface area contributed by atoms with E-state index in [0.29, 0.717) is 28.4 Å². The number of halogens is 5. The van der Waals surface area contributed by atoms with Gasteiger partial charge in [0.2, 0.25) is 0 Å². The van der Waals surface area contributed by atoms with Crippen LogP contribution in [0, 0.1) is 5.82 Å². The molecule has 3 aromatic rings. The van der Waals surface area contributed by atoms with Crippen LogP contribution in [0.5, 0.6) is 0 Å². The molecule has 184 valence electrons. The highest BCUT2D eigenvalue weighted by atomic mass is 35.5. The molecule has 2 nitrogen and oxygen atoms in total. The quantitative estimate of drug-likeness (QED) is 0.208. The Labute approximate surface area is 226 Å². The lowest BCUT2D eigenvalue weighted by Crippen LogP contribution is -2.39. The summed E-state index contributed by atoms with van der Waals surface area (Å²) in [6.45, 7) is 4.21. The lowest BCUT2D eigenvalue weighted by atomic mass is 9.80. The zero-order valence-electron chi connectivity index (χ0n) is 19.2. The van der Waals surface area contributed by atoms with Crippen molar-refractivity contribution in [2.75, 3.05) is 6.16 Å². The molecule has 0 saturated heterocycles. The topological polar surface area (TPSA) is 17.8 Å². The Morgan fingerprint density at radius 2 is 1.86 bits per heavy atom. The molecule has 4 rings (SSSR count). The van der Waals surface area contributed by atoms with Gasteiger partial charge in [0.1, 0.15) is 11.6 Å². The normalized spacial score (nSPS) is 18.1. The van der Waals surface area contributed by atoms with Crippen molar-refractivity contribution in [3.8, 4) is 0 Å². The molecule has 1 aliphatic carbocycles. The minimum atomic E-state index is -0.525. The Morgan fingerprint density at radius 3 is 2.49 bits per heavy atom. The molecule has 1 aromatic heterocycles. The van der Waals surface area contributed by atoms with Gasteiger partial charge in [-0.05, 0) is 60.1 Å². The molecule has 1 aliphatic rings. The van der Waals surface area contributed by atoms with Gasteiger partial charge in [-0.1, -0.05) is 78.6 Å². The van der Waals surface area contributed by atoms with Crippen molar-refractivity contribution in [3.63, 3.8) is 0 Å². The van der Waals surface area contributed by atoms with Crippen molar-refractivity contribution >= 4 is 55.8 Å². The van der Waals surface area contributed by atoms with E-state index in [-0.39, 0.29) is 10.8 Å². The molecular formula is C26H24Cl3F2N2PS. The lowest BCUT2D eigenvalue weighted by molar-refractivity contribution is 0.354. The summed E-state index contributed by atoms with van der Waals surface area (Å²) in [6, 6.07) is 10.3. The number of hydrogen-bond donors (Lipinski definition) is 0. The molecule has 9 heteroatoms. The Bertz CT molecular complexity index is 1320. The van der Waals surface area contributed by atoms with E-state index in [2.05, 4.69) is 27.7 Å². The maximum atomic E-state index is 14.0. The fourth-order valence-electron chi connectivity index (χ4n) is 4.17. The summed E-state index contributed by atoms with van der Waals surface area (Å²) in [5.41, 5.74) is 1.81. The van der Waals surface area contributed by atoms with Gasteiger partial charge in [-0.3, -0.25) is 0 Å². The largest absolute Gasteiger partial charge is 0.312 e. The van der Waals surface area contributed by atoms with E-state index >= 15 is 0 Å². The van der Waals surface area contributed by atoms with E-state index in [1.165, 1.54) is 23.9 Å². The van der Waals surface area contributed by atoms with Crippen LogP contribution in [-0.2, 0) is 16.7 Å². The summed E-state index contributed by atoms with van der Waals surface area (Å²) in [6.07, 6.45) is 8.03. The Hall–Kier alpha value is -1.36. The minimum absolute atomic E-state index is 0.0881. The number of aromatic nitrogens is 2. The highest BCUT2D eigenvalue weighted by Gasteiger charge is 2.38. The molecule has 2 aromatic carbocycles. The number of rotatable bonds is 7. The Morgan fingerprint density at radius 1 is 1.09 bits per heavy atom. The van der Waals surface area contributed by atoms with Crippen molar-refractivity contribution in [2.24, 2.45) is 0 Å². The zero-order chi connectivity index (χ0) is 25.4. The van der Waals surface area contributed by atoms with Crippen LogP contribution in [0.3, 0.4) is 0 Å². The van der Waals surface area contributed by atoms with Crippen molar-refractivity contribution in [1.82, 2.24) is 9.55 Å². The summed E-state index contributed by atoms with van der Waals surface area (Å²) in [4.78, 5) is 4.79. The molecule has 0 saturated carbocycles. The van der Waals surface area contributed by atoms with Crippen molar-refractivity contribution in [1.29, 1.82) is 0 Å². The van der Waals surface area contributed by atoms with Crippen LogP contribution in [0.1, 0.15) is 37.1 Å². The van der Waals surface area contributed by atoms with Crippen molar-refractivity contribution < 1.29 is 8.78 Å². The summed E-state index contributed by atoms with van der Waals surface area (Å²) in [5, 5.41) is 1.84. The van der Waals surface area contributed by atoms with Crippen molar-refractivity contribution in [2.45, 2.75) is 42.1 Å². The third-order valence-electron chi connectivity index (χ3n) is 6.37. The number of nitrogens with zero attached hydrogens (tertiary/aromatic N) is 2. The van der Waals surface area contributed by atoms with Gasteiger partial charge >= 0.3 is 0 Å². The van der Waals surface area contributed by atoms with Gasteiger partial charge in [0, 0.05) is 16.9 Å². The van der Waals surface area contributed by atoms with Gasteiger partial charge in [-0.15, -0.1) is 9.24 Å². The van der Waals surface area contributed by atoms with E-state index in [1.54, 1.807) is 24.3 Å². The smallest absolute Gasteiger partial charge is 0.169 e. The van der Waals surface area contributed by atoms with Crippen LogP contribution in [-0.4, -0.2) is 15.7 Å². The van der Waals surface area contributed by atoms with Crippen LogP contribution in [0.4, 0.5) is 8.78 Å². The van der Waals surface area contributed by atoms with Crippen LogP contribution in [0.2, 0.25) is 15.1 Å². The van der Waals surface area contributed by atoms with Gasteiger partial charge in [-0.2, -0.15) is 0 Å². The van der Waals surface area contributed by atoms with Gasteiger partial charge in [0.05, 0.1) is 26.8 Å².